The molecule has 1 heterocycles. The molecular weight excluding hydrogens is 182 g/mol. The molecule has 7 N–H and O–H groups in total. The van der Waals surface area contributed by atoms with E-state index in [1.807, 2.05) is 0 Å². The quantitative estimate of drug-likeness (QED) is 0.247. The van der Waals surface area contributed by atoms with Gasteiger partial charge in [0.1, 0.15) is 18.3 Å². The van der Waals surface area contributed by atoms with Gasteiger partial charge in [-0.25, -0.2) is 0 Å². The molecule has 0 radical (unpaired) electrons. The highest BCUT2D eigenvalue weighted by atomic mass is 16.7. The Kier molecular flexibility index (Phi) is 2.88. The summed E-state index contributed by atoms with van der Waals surface area (Å²) in [5, 5.41) is 45.0. The molecule has 0 aliphatic carbocycles. The van der Waals surface area contributed by atoms with E-state index in [4.69, 9.17) is 26.2 Å². The fourth-order valence-corrected chi connectivity index (χ4v) is 1.22. The topological polar surface area (TPSA) is 136 Å². The van der Waals surface area contributed by atoms with E-state index in [1.165, 1.54) is 0 Å². The number of hydrogen-bond donors (Lipinski definition) is 6. The van der Waals surface area contributed by atoms with E-state index >= 15 is 0 Å². The molecule has 0 aromatic heterocycles. The van der Waals surface area contributed by atoms with Crippen LogP contribution < -0.4 is 5.73 Å². The van der Waals surface area contributed by atoms with Crippen LogP contribution in [0.25, 0.3) is 0 Å². The zero-order valence-electron chi connectivity index (χ0n) is 6.74. The van der Waals surface area contributed by atoms with Gasteiger partial charge < -0.3 is 30.3 Å². The SMILES string of the molecule is N[C@@]1(O)[C@@H]([C@H](O)CO)O[C@H](O)[C@@H]1O. The second-order valence-electron chi connectivity index (χ2n) is 3.03. The predicted molar refractivity (Wildman–Crippen MR) is 39.1 cm³/mol. The van der Waals surface area contributed by atoms with E-state index in [0.717, 1.165) is 0 Å². The second-order valence-corrected chi connectivity index (χ2v) is 3.03. The maximum Gasteiger partial charge on any atom is 0.185 e. The first-order chi connectivity index (χ1) is 5.91. The lowest BCUT2D eigenvalue weighted by atomic mass is 10.00. The molecule has 1 aliphatic heterocycles. The van der Waals surface area contributed by atoms with Crippen molar-refractivity contribution in [2.24, 2.45) is 5.73 Å². The Morgan fingerprint density at radius 2 is 2.00 bits per heavy atom. The molecule has 1 saturated heterocycles. The van der Waals surface area contributed by atoms with Crippen molar-refractivity contribution in [3.8, 4) is 0 Å². The van der Waals surface area contributed by atoms with Crippen molar-refractivity contribution in [3.63, 3.8) is 0 Å². The summed E-state index contributed by atoms with van der Waals surface area (Å²) in [6.07, 6.45) is -6.25. The largest absolute Gasteiger partial charge is 0.394 e. The zero-order valence-corrected chi connectivity index (χ0v) is 6.74. The Bertz CT molecular complexity index is 186. The van der Waals surface area contributed by atoms with Gasteiger partial charge in [0.05, 0.1) is 6.61 Å². The third-order valence-corrected chi connectivity index (χ3v) is 2.02. The Balaban J connectivity index is 2.77. The first-order valence-corrected chi connectivity index (χ1v) is 3.73. The van der Waals surface area contributed by atoms with E-state index in [9.17, 15) is 5.11 Å². The molecule has 78 valence electrons. The maximum absolute atomic E-state index is 9.37. The number of nitrogens with two attached hydrogens (primary N) is 1. The normalized spacial score (nSPS) is 48.0. The average molecular weight is 195 g/mol. The minimum atomic E-state index is -2.26. The molecule has 0 amide bonds. The summed E-state index contributed by atoms with van der Waals surface area (Å²) >= 11 is 0. The van der Waals surface area contributed by atoms with Gasteiger partial charge in [0.25, 0.3) is 0 Å². The van der Waals surface area contributed by atoms with Gasteiger partial charge in [-0.3, -0.25) is 5.73 Å². The molecule has 0 aromatic rings. The van der Waals surface area contributed by atoms with Crippen molar-refractivity contribution in [1.29, 1.82) is 0 Å². The fourth-order valence-electron chi connectivity index (χ4n) is 1.22. The third-order valence-electron chi connectivity index (χ3n) is 2.02. The minimum Gasteiger partial charge on any atom is -0.394 e. The van der Waals surface area contributed by atoms with E-state index < -0.39 is 36.9 Å². The summed E-state index contributed by atoms with van der Waals surface area (Å²) in [6.45, 7) is -0.691. The predicted octanol–water partition coefficient (Wildman–Crippen LogP) is -3.94. The Labute approximate surface area is 74.0 Å². The Morgan fingerprint density at radius 3 is 2.31 bits per heavy atom. The first kappa shape index (κ1) is 10.8. The summed E-state index contributed by atoms with van der Waals surface area (Å²) in [7, 11) is 0. The molecule has 1 fully saturated rings. The minimum absolute atomic E-state index is 0.691. The average Bonchev–Trinajstić information content (AvgIpc) is 2.28. The van der Waals surface area contributed by atoms with E-state index in [-0.39, 0.29) is 0 Å². The van der Waals surface area contributed by atoms with Crippen LogP contribution in [0, 0.1) is 0 Å². The number of ether oxygens (including phenoxy) is 1. The number of hydrogen-bond acceptors (Lipinski definition) is 7. The third kappa shape index (κ3) is 1.67. The Hall–Kier alpha value is -0.280. The number of aliphatic hydroxyl groups is 5. The van der Waals surface area contributed by atoms with Crippen LogP contribution >= 0.6 is 0 Å². The molecule has 0 saturated carbocycles. The molecule has 5 atom stereocenters. The van der Waals surface area contributed by atoms with Crippen molar-refractivity contribution in [2.75, 3.05) is 6.61 Å². The van der Waals surface area contributed by atoms with Crippen molar-refractivity contribution < 1.29 is 30.3 Å². The molecule has 1 aliphatic rings. The molecule has 0 spiro atoms. The molecule has 0 aromatic carbocycles. The first-order valence-electron chi connectivity index (χ1n) is 3.73. The van der Waals surface area contributed by atoms with Crippen LogP contribution in [0.4, 0.5) is 0 Å². The summed E-state index contributed by atoms with van der Waals surface area (Å²) in [5.41, 5.74) is 2.92. The van der Waals surface area contributed by atoms with Gasteiger partial charge >= 0.3 is 0 Å². The molecule has 0 unspecified atom stereocenters. The van der Waals surface area contributed by atoms with Gasteiger partial charge in [0.2, 0.25) is 0 Å². The standard InChI is InChI=1S/C6H13NO6/c7-6(12)3(10)5(11)13-4(6)2(9)1-8/h2-5,8-12H,1,7H2/t2-,3+,4-,5+,6+/m1/s1. The Morgan fingerprint density at radius 1 is 1.46 bits per heavy atom. The molecule has 7 heteroatoms. The summed E-state index contributed by atoms with van der Waals surface area (Å²) in [5.74, 6) is 0. The second kappa shape index (κ2) is 3.46. The maximum atomic E-state index is 9.37. The van der Waals surface area contributed by atoms with Crippen LogP contribution in [0.15, 0.2) is 0 Å². The molecule has 13 heavy (non-hydrogen) atoms. The van der Waals surface area contributed by atoms with Crippen molar-refractivity contribution in [2.45, 2.75) is 30.3 Å². The van der Waals surface area contributed by atoms with Crippen LogP contribution in [-0.2, 0) is 4.74 Å². The van der Waals surface area contributed by atoms with Crippen LogP contribution in [-0.4, -0.2) is 62.5 Å². The van der Waals surface area contributed by atoms with Gasteiger partial charge in [0.15, 0.2) is 12.0 Å². The molecular formula is C6H13NO6. The van der Waals surface area contributed by atoms with Crippen LogP contribution in [0.1, 0.15) is 0 Å². The number of aliphatic hydroxyl groups excluding tert-OH is 4. The van der Waals surface area contributed by atoms with Gasteiger partial charge in [-0.2, -0.15) is 0 Å². The highest BCUT2D eigenvalue weighted by molar-refractivity contribution is 4.99. The molecule has 1 rings (SSSR count). The number of rotatable bonds is 2. The lowest BCUT2D eigenvalue weighted by Crippen LogP contribution is -2.59. The fraction of sp³-hybridized carbons (Fsp3) is 1.00. The molecule has 7 nitrogen and oxygen atoms in total. The van der Waals surface area contributed by atoms with Crippen LogP contribution in [0.2, 0.25) is 0 Å². The van der Waals surface area contributed by atoms with E-state index in [0.29, 0.717) is 0 Å². The van der Waals surface area contributed by atoms with Crippen LogP contribution in [0.5, 0.6) is 0 Å². The van der Waals surface area contributed by atoms with Crippen molar-refractivity contribution >= 4 is 0 Å². The monoisotopic (exact) mass is 195 g/mol. The van der Waals surface area contributed by atoms with Gasteiger partial charge in [-0.15, -0.1) is 0 Å². The van der Waals surface area contributed by atoms with Gasteiger partial charge in [0, 0.05) is 0 Å². The van der Waals surface area contributed by atoms with Crippen molar-refractivity contribution in [1.82, 2.24) is 0 Å². The van der Waals surface area contributed by atoms with Crippen LogP contribution in [0.3, 0.4) is 0 Å². The van der Waals surface area contributed by atoms with E-state index in [2.05, 4.69) is 4.74 Å². The van der Waals surface area contributed by atoms with E-state index in [1.54, 1.807) is 0 Å². The highest BCUT2D eigenvalue weighted by Gasteiger charge is 2.55. The zero-order chi connectivity index (χ0) is 10.2. The smallest absolute Gasteiger partial charge is 0.185 e. The summed E-state index contributed by atoms with van der Waals surface area (Å²) in [4.78, 5) is 0. The van der Waals surface area contributed by atoms with Gasteiger partial charge in [-0.05, 0) is 0 Å². The highest BCUT2D eigenvalue weighted by Crippen LogP contribution is 2.27. The van der Waals surface area contributed by atoms with Crippen molar-refractivity contribution in [3.05, 3.63) is 0 Å². The van der Waals surface area contributed by atoms with Gasteiger partial charge in [-0.1, -0.05) is 0 Å². The lowest BCUT2D eigenvalue weighted by Gasteiger charge is -2.28. The summed E-state index contributed by atoms with van der Waals surface area (Å²) < 4.78 is 4.56. The lowest BCUT2D eigenvalue weighted by molar-refractivity contribution is -0.154. The molecule has 0 bridgehead atoms. The summed E-state index contributed by atoms with van der Waals surface area (Å²) in [6, 6.07) is 0.